The largest absolute Gasteiger partial charge is 0.493 e. The number of nitrogens with zero attached hydrogens (tertiary/aromatic N) is 1. The van der Waals surface area contributed by atoms with E-state index in [0.717, 1.165) is 0 Å². The zero-order chi connectivity index (χ0) is 18.9. The Balaban J connectivity index is 1.82. The average molecular weight is 360 g/mol. The Morgan fingerprint density at radius 3 is 2.73 bits per heavy atom. The summed E-state index contributed by atoms with van der Waals surface area (Å²) in [5.41, 5.74) is 1.89. The van der Waals surface area contributed by atoms with E-state index in [1.807, 2.05) is 0 Å². The van der Waals surface area contributed by atoms with E-state index in [-0.39, 0.29) is 24.9 Å². The van der Waals surface area contributed by atoms with E-state index in [9.17, 15) is 9.18 Å². The van der Waals surface area contributed by atoms with Crippen molar-refractivity contribution in [2.24, 2.45) is 5.16 Å². The number of carbonyl (C=O) groups is 1. The molecule has 0 fully saturated rings. The van der Waals surface area contributed by atoms with Crippen LogP contribution in [0.3, 0.4) is 0 Å². The summed E-state index contributed by atoms with van der Waals surface area (Å²) in [6.07, 6.45) is 1.43. The van der Waals surface area contributed by atoms with Crippen LogP contribution in [0.4, 0.5) is 4.39 Å². The van der Waals surface area contributed by atoms with E-state index in [0.29, 0.717) is 28.2 Å². The number of amides is 1. The van der Waals surface area contributed by atoms with Gasteiger partial charge in [-0.25, -0.2) is 4.39 Å². The number of ether oxygens (including phenoxy) is 2. The van der Waals surface area contributed by atoms with Gasteiger partial charge in [0.2, 0.25) is 0 Å². The molecule has 0 unspecified atom stereocenters. The van der Waals surface area contributed by atoms with Crippen LogP contribution in [0, 0.1) is 12.7 Å². The molecule has 0 aliphatic rings. The molecule has 138 valence electrons. The van der Waals surface area contributed by atoms with Crippen molar-refractivity contribution < 1.29 is 23.5 Å². The SMILES string of the molecule is COc1cccc(/C=N/OCC(=O)NCc2ccc(C)c(F)c2)c1OC. The molecular weight excluding hydrogens is 339 g/mol. The molecule has 7 heteroatoms. The molecule has 0 saturated heterocycles. The highest BCUT2D eigenvalue weighted by molar-refractivity contribution is 5.84. The molecule has 0 aromatic heterocycles. The maximum absolute atomic E-state index is 13.5. The molecule has 0 spiro atoms. The molecule has 26 heavy (non-hydrogen) atoms. The number of nitrogens with one attached hydrogen (secondary N) is 1. The van der Waals surface area contributed by atoms with Crippen molar-refractivity contribution in [3.63, 3.8) is 0 Å². The van der Waals surface area contributed by atoms with Gasteiger partial charge in [0, 0.05) is 12.1 Å². The third-order valence-corrected chi connectivity index (χ3v) is 3.62. The first-order valence-corrected chi connectivity index (χ1v) is 7.93. The molecule has 2 aromatic rings. The monoisotopic (exact) mass is 360 g/mol. The number of rotatable bonds is 8. The highest BCUT2D eigenvalue weighted by Crippen LogP contribution is 2.29. The Morgan fingerprint density at radius 2 is 2.04 bits per heavy atom. The summed E-state index contributed by atoms with van der Waals surface area (Å²) < 4.78 is 23.9. The Kier molecular flexibility index (Phi) is 6.96. The van der Waals surface area contributed by atoms with Crippen LogP contribution in [0.5, 0.6) is 11.5 Å². The third kappa shape index (κ3) is 5.20. The predicted molar refractivity (Wildman–Crippen MR) is 96.1 cm³/mol. The van der Waals surface area contributed by atoms with E-state index >= 15 is 0 Å². The van der Waals surface area contributed by atoms with Crippen molar-refractivity contribution in [2.45, 2.75) is 13.5 Å². The molecule has 6 nitrogen and oxygen atoms in total. The lowest BCUT2D eigenvalue weighted by Gasteiger charge is -2.09. The number of benzene rings is 2. The van der Waals surface area contributed by atoms with Crippen molar-refractivity contribution in [3.05, 3.63) is 58.9 Å². The fourth-order valence-corrected chi connectivity index (χ4v) is 2.20. The molecule has 0 radical (unpaired) electrons. The van der Waals surface area contributed by atoms with Crippen molar-refractivity contribution in [1.29, 1.82) is 0 Å². The van der Waals surface area contributed by atoms with Crippen LogP contribution >= 0.6 is 0 Å². The number of oxime groups is 1. The fraction of sp³-hybridized carbons (Fsp3) is 0.263. The molecule has 2 rings (SSSR count). The first kappa shape index (κ1) is 19.2. The third-order valence-electron chi connectivity index (χ3n) is 3.62. The van der Waals surface area contributed by atoms with Crippen LogP contribution in [-0.2, 0) is 16.2 Å². The predicted octanol–water partition coefficient (Wildman–Crippen LogP) is 2.82. The van der Waals surface area contributed by atoms with E-state index in [2.05, 4.69) is 10.5 Å². The quantitative estimate of drug-likeness (QED) is 0.581. The van der Waals surface area contributed by atoms with E-state index < -0.39 is 0 Å². The zero-order valence-corrected chi connectivity index (χ0v) is 14.9. The topological polar surface area (TPSA) is 69.2 Å². The van der Waals surface area contributed by atoms with Gasteiger partial charge in [-0.05, 0) is 36.2 Å². The maximum Gasteiger partial charge on any atom is 0.261 e. The van der Waals surface area contributed by atoms with Gasteiger partial charge in [0.15, 0.2) is 18.1 Å². The lowest BCUT2D eigenvalue weighted by atomic mass is 10.1. The minimum atomic E-state index is -0.360. The molecule has 2 aromatic carbocycles. The second-order valence-corrected chi connectivity index (χ2v) is 5.45. The van der Waals surface area contributed by atoms with Gasteiger partial charge in [-0.15, -0.1) is 0 Å². The molecule has 0 bridgehead atoms. The lowest BCUT2D eigenvalue weighted by molar-refractivity contribution is -0.125. The summed E-state index contributed by atoms with van der Waals surface area (Å²) in [7, 11) is 3.07. The number of carbonyl (C=O) groups excluding carboxylic acids is 1. The number of hydrogen-bond donors (Lipinski definition) is 1. The summed E-state index contributed by atoms with van der Waals surface area (Å²) in [6.45, 7) is 1.64. The van der Waals surface area contributed by atoms with Crippen molar-refractivity contribution in [2.75, 3.05) is 20.8 Å². The van der Waals surface area contributed by atoms with Crippen molar-refractivity contribution in [1.82, 2.24) is 5.32 Å². The number of hydrogen-bond acceptors (Lipinski definition) is 5. The Morgan fingerprint density at radius 1 is 1.23 bits per heavy atom. The van der Waals surface area contributed by atoms with E-state index in [4.69, 9.17) is 14.3 Å². The van der Waals surface area contributed by atoms with Gasteiger partial charge in [-0.1, -0.05) is 23.4 Å². The van der Waals surface area contributed by atoms with Gasteiger partial charge >= 0.3 is 0 Å². The molecule has 0 heterocycles. The van der Waals surface area contributed by atoms with Crippen LogP contribution < -0.4 is 14.8 Å². The van der Waals surface area contributed by atoms with Gasteiger partial charge in [0.1, 0.15) is 5.82 Å². The Bertz CT molecular complexity index is 793. The molecular formula is C19H21FN2O4. The summed E-state index contributed by atoms with van der Waals surface area (Å²) in [5, 5.41) is 6.40. The zero-order valence-electron chi connectivity index (χ0n) is 14.9. The molecule has 1 amide bonds. The van der Waals surface area contributed by atoms with Gasteiger partial charge < -0.3 is 19.6 Å². The van der Waals surface area contributed by atoms with Crippen LogP contribution in [0.15, 0.2) is 41.6 Å². The Labute approximate surface area is 151 Å². The standard InChI is InChI=1S/C19H21FN2O4/c1-13-7-8-14(9-16(13)20)10-21-18(23)12-26-22-11-15-5-4-6-17(24-2)19(15)25-3/h4-9,11H,10,12H2,1-3H3,(H,21,23)/b22-11+. The summed E-state index contributed by atoms with van der Waals surface area (Å²) in [6, 6.07) is 10.1. The Hall–Kier alpha value is -3.09. The second kappa shape index (κ2) is 9.41. The highest BCUT2D eigenvalue weighted by Gasteiger charge is 2.08. The van der Waals surface area contributed by atoms with Gasteiger partial charge in [0.25, 0.3) is 5.91 Å². The van der Waals surface area contributed by atoms with Gasteiger partial charge in [0.05, 0.1) is 20.4 Å². The van der Waals surface area contributed by atoms with Crippen LogP contribution in [0.1, 0.15) is 16.7 Å². The van der Waals surface area contributed by atoms with Crippen LogP contribution in [-0.4, -0.2) is 32.9 Å². The smallest absolute Gasteiger partial charge is 0.261 e. The lowest BCUT2D eigenvalue weighted by Crippen LogP contribution is -2.26. The summed E-state index contributed by atoms with van der Waals surface area (Å²) in [5.74, 6) is 0.429. The first-order valence-electron chi connectivity index (χ1n) is 7.93. The van der Waals surface area contributed by atoms with Crippen molar-refractivity contribution in [3.8, 4) is 11.5 Å². The summed E-state index contributed by atoms with van der Waals surface area (Å²) >= 11 is 0. The normalized spacial score (nSPS) is 10.6. The van der Waals surface area contributed by atoms with Crippen molar-refractivity contribution >= 4 is 12.1 Å². The summed E-state index contributed by atoms with van der Waals surface area (Å²) in [4.78, 5) is 16.7. The molecule has 1 N–H and O–H groups in total. The molecule has 0 saturated carbocycles. The number of halogens is 1. The highest BCUT2D eigenvalue weighted by atomic mass is 19.1. The molecule has 0 aliphatic carbocycles. The minimum Gasteiger partial charge on any atom is -0.493 e. The fourth-order valence-electron chi connectivity index (χ4n) is 2.20. The van der Waals surface area contributed by atoms with E-state index in [1.165, 1.54) is 19.4 Å². The molecule has 0 aliphatic heterocycles. The number of aryl methyl sites for hydroxylation is 1. The van der Waals surface area contributed by atoms with Crippen LogP contribution in [0.25, 0.3) is 0 Å². The van der Waals surface area contributed by atoms with Gasteiger partial charge in [-0.3, -0.25) is 4.79 Å². The van der Waals surface area contributed by atoms with Gasteiger partial charge in [-0.2, -0.15) is 0 Å². The average Bonchev–Trinajstić information content (AvgIpc) is 2.65. The minimum absolute atomic E-state index is 0.215. The maximum atomic E-state index is 13.5. The first-order chi connectivity index (χ1) is 12.5. The number of methoxy groups -OCH3 is 2. The number of para-hydroxylation sites is 1. The van der Waals surface area contributed by atoms with Crippen LogP contribution in [0.2, 0.25) is 0 Å². The molecule has 0 atom stereocenters. The van der Waals surface area contributed by atoms with E-state index in [1.54, 1.807) is 44.4 Å². The second-order valence-electron chi connectivity index (χ2n) is 5.45.